The van der Waals surface area contributed by atoms with E-state index in [-0.39, 0.29) is 6.04 Å². The summed E-state index contributed by atoms with van der Waals surface area (Å²) < 4.78 is 22.9. The van der Waals surface area contributed by atoms with Crippen LogP contribution < -0.4 is 11.3 Å². The van der Waals surface area contributed by atoms with E-state index in [1.807, 2.05) is 6.07 Å². The molecule has 0 aliphatic carbocycles. The van der Waals surface area contributed by atoms with Gasteiger partial charge in [-0.2, -0.15) is 0 Å². The second-order valence-electron chi connectivity index (χ2n) is 4.69. The van der Waals surface area contributed by atoms with Gasteiger partial charge >= 0.3 is 0 Å². The molecule has 17 heavy (non-hydrogen) atoms. The smallest absolute Gasteiger partial charge is 0.175 e. The van der Waals surface area contributed by atoms with Gasteiger partial charge < -0.3 is 0 Å². The van der Waals surface area contributed by atoms with Crippen LogP contribution in [-0.2, 0) is 9.84 Å². The Bertz CT molecular complexity index is 469. The zero-order valence-corrected chi connectivity index (χ0v) is 11.3. The molecule has 0 radical (unpaired) electrons. The molecule has 0 aliphatic rings. The van der Waals surface area contributed by atoms with Gasteiger partial charge in [0.2, 0.25) is 0 Å². The lowest BCUT2D eigenvalue weighted by atomic mass is 9.98. The van der Waals surface area contributed by atoms with Gasteiger partial charge in [-0.05, 0) is 30.0 Å². The Morgan fingerprint density at radius 2 is 2.00 bits per heavy atom. The molecule has 1 atom stereocenters. The number of nitrogens with two attached hydrogens (primary N) is 1. The highest BCUT2D eigenvalue weighted by Gasteiger charge is 2.14. The van der Waals surface area contributed by atoms with Crippen molar-refractivity contribution in [2.75, 3.05) is 6.26 Å². The van der Waals surface area contributed by atoms with Crippen LogP contribution in [0.15, 0.2) is 29.2 Å². The Hall–Kier alpha value is -0.910. The molecule has 0 saturated heterocycles. The molecule has 0 fully saturated rings. The zero-order chi connectivity index (χ0) is 13.1. The molecule has 0 heterocycles. The summed E-state index contributed by atoms with van der Waals surface area (Å²) in [4.78, 5) is 0.332. The van der Waals surface area contributed by atoms with E-state index in [1.54, 1.807) is 18.2 Å². The highest BCUT2D eigenvalue weighted by atomic mass is 32.2. The minimum atomic E-state index is -3.16. The van der Waals surface area contributed by atoms with Gasteiger partial charge in [0.25, 0.3) is 0 Å². The lowest BCUT2D eigenvalue weighted by Crippen LogP contribution is -2.29. The zero-order valence-electron chi connectivity index (χ0n) is 10.5. The fourth-order valence-corrected chi connectivity index (χ4v) is 2.41. The quantitative estimate of drug-likeness (QED) is 0.620. The highest BCUT2D eigenvalue weighted by Crippen LogP contribution is 2.22. The topological polar surface area (TPSA) is 72.2 Å². The summed E-state index contributed by atoms with van der Waals surface area (Å²) in [5.41, 5.74) is 3.64. The van der Waals surface area contributed by atoms with Crippen molar-refractivity contribution in [3.05, 3.63) is 29.8 Å². The number of hydrazine groups is 1. The summed E-state index contributed by atoms with van der Waals surface area (Å²) in [6.45, 7) is 4.20. The molecule has 1 aromatic carbocycles. The average molecular weight is 256 g/mol. The monoisotopic (exact) mass is 256 g/mol. The van der Waals surface area contributed by atoms with Gasteiger partial charge in [0.15, 0.2) is 9.84 Å². The first-order valence-corrected chi connectivity index (χ1v) is 7.50. The van der Waals surface area contributed by atoms with Gasteiger partial charge in [-0.25, -0.2) is 8.42 Å². The number of sulfone groups is 1. The molecule has 4 nitrogen and oxygen atoms in total. The SMILES string of the molecule is CC(C)CC(NN)c1cccc(S(C)(=O)=O)c1. The van der Waals surface area contributed by atoms with E-state index >= 15 is 0 Å². The third kappa shape index (κ3) is 4.11. The Kier molecular flexibility index (Phi) is 4.68. The molecule has 5 heteroatoms. The number of benzene rings is 1. The number of nitrogens with one attached hydrogen (secondary N) is 1. The van der Waals surface area contributed by atoms with E-state index < -0.39 is 9.84 Å². The molecule has 1 rings (SSSR count). The Labute approximate surface area is 103 Å². The second kappa shape index (κ2) is 5.62. The fraction of sp³-hybridized carbons (Fsp3) is 0.500. The average Bonchev–Trinajstić information content (AvgIpc) is 2.24. The normalized spacial score (nSPS) is 13.9. The summed E-state index contributed by atoms with van der Waals surface area (Å²) in [6, 6.07) is 6.90. The predicted octanol–water partition coefficient (Wildman–Crippen LogP) is 1.64. The van der Waals surface area contributed by atoms with Gasteiger partial charge in [0, 0.05) is 12.3 Å². The molecule has 0 aromatic heterocycles. The minimum Gasteiger partial charge on any atom is -0.271 e. The molecule has 0 spiro atoms. The largest absolute Gasteiger partial charge is 0.271 e. The Balaban J connectivity index is 3.05. The predicted molar refractivity (Wildman–Crippen MR) is 69.1 cm³/mol. The molecular weight excluding hydrogens is 236 g/mol. The molecule has 0 amide bonds. The van der Waals surface area contributed by atoms with Crippen LogP contribution in [0.2, 0.25) is 0 Å². The van der Waals surface area contributed by atoms with E-state index in [0.717, 1.165) is 12.0 Å². The van der Waals surface area contributed by atoms with E-state index in [9.17, 15) is 8.42 Å². The molecule has 1 unspecified atom stereocenters. The minimum absolute atomic E-state index is 0.0169. The van der Waals surface area contributed by atoms with Crippen LogP contribution in [0.5, 0.6) is 0 Å². The lowest BCUT2D eigenvalue weighted by molar-refractivity contribution is 0.437. The van der Waals surface area contributed by atoms with E-state index in [2.05, 4.69) is 19.3 Å². The summed E-state index contributed by atoms with van der Waals surface area (Å²) in [7, 11) is -3.16. The van der Waals surface area contributed by atoms with Crippen LogP contribution in [0.3, 0.4) is 0 Å². The molecule has 0 aliphatic heterocycles. The molecule has 3 N–H and O–H groups in total. The first-order chi connectivity index (χ1) is 7.84. The van der Waals surface area contributed by atoms with Crippen molar-refractivity contribution < 1.29 is 8.42 Å². The second-order valence-corrected chi connectivity index (χ2v) is 6.71. The van der Waals surface area contributed by atoms with Gasteiger partial charge in [-0.3, -0.25) is 11.3 Å². The summed E-state index contributed by atoms with van der Waals surface area (Å²) in [5.74, 6) is 6.00. The standard InChI is InChI=1S/C12H20N2O2S/c1-9(2)7-12(14-13)10-5-4-6-11(8-10)17(3,15)16/h4-6,8-9,12,14H,7,13H2,1-3H3. The van der Waals surface area contributed by atoms with Crippen molar-refractivity contribution in [3.63, 3.8) is 0 Å². The van der Waals surface area contributed by atoms with Crippen LogP contribution in [0, 0.1) is 5.92 Å². The Morgan fingerprint density at radius 3 is 2.47 bits per heavy atom. The van der Waals surface area contributed by atoms with Crippen molar-refractivity contribution in [1.29, 1.82) is 0 Å². The molecule has 0 saturated carbocycles. The van der Waals surface area contributed by atoms with E-state index in [0.29, 0.717) is 10.8 Å². The maximum Gasteiger partial charge on any atom is 0.175 e. The van der Waals surface area contributed by atoms with Crippen molar-refractivity contribution in [2.45, 2.75) is 31.2 Å². The lowest BCUT2D eigenvalue weighted by Gasteiger charge is -2.18. The van der Waals surface area contributed by atoms with Gasteiger partial charge in [0.05, 0.1) is 4.90 Å². The van der Waals surface area contributed by atoms with Crippen LogP contribution in [-0.4, -0.2) is 14.7 Å². The summed E-state index contributed by atoms with van der Waals surface area (Å²) in [6.07, 6.45) is 2.07. The van der Waals surface area contributed by atoms with Gasteiger partial charge in [-0.1, -0.05) is 26.0 Å². The first kappa shape index (κ1) is 14.2. The first-order valence-electron chi connectivity index (χ1n) is 5.60. The van der Waals surface area contributed by atoms with Crippen molar-refractivity contribution in [1.82, 2.24) is 5.43 Å². The molecule has 1 aromatic rings. The van der Waals surface area contributed by atoms with Crippen LogP contribution >= 0.6 is 0 Å². The van der Waals surface area contributed by atoms with E-state index in [4.69, 9.17) is 5.84 Å². The highest BCUT2D eigenvalue weighted by molar-refractivity contribution is 7.90. The van der Waals surface area contributed by atoms with Crippen molar-refractivity contribution in [2.24, 2.45) is 11.8 Å². The Morgan fingerprint density at radius 1 is 1.35 bits per heavy atom. The van der Waals surface area contributed by atoms with E-state index in [1.165, 1.54) is 6.26 Å². The summed E-state index contributed by atoms with van der Waals surface area (Å²) >= 11 is 0. The van der Waals surface area contributed by atoms with Gasteiger partial charge in [0.1, 0.15) is 0 Å². The maximum absolute atomic E-state index is 11.5. The third-order valence-electron chi connectivity index (χ3n) is 2.60. The number of rotatable bonds is 5. The number of hydrogen-bond acceptors (Lipinski definition) is 4. The maximum atomic E-state index is 11.5. The summed E-state index contributed by atoms with van der Waals surface area (Å²) in [5, 5.41) is 0. The molecule has 0 bridgehead atoms. The molecule has 96 valence electrons. The van der Waals surface area contributed by atoms with Crippen molar-refractivity contribution >= 4 is 9.84 Å². The van der Waals surface area contributed by atoms with Crippen LogP contribution in [0.4, 0.5) is 0 Å². The van der Waals surface area contributed by atoms with Crippen LogP contribution in [0.25, 0.3) is 0 Å². The van der Waals surface area contributed by atoms with Crippen molar-refractivity contribution in [3.8, 4) is 0 Å². The fourth-order valence-electron chi connectivity index (χ4n) is 1.73. The van der Waals surface area contributed by atoms with Crippen LogP contribution in [0.1, 0.15) is 31.9 Å². The van der Waals surface area contributed by atoms with Gasteiger partial charge in [-0.15, -0.1) is 0 Å². The third-order valence-corrected chi connectivity index (χ3v) is 3.71. The molecular formula is C12H20N2O2S. The number of hydrogen-bond donors (Lipinski definition) is 2.